The fourth-order valence-corrected chi connectivity index (χ4v) is 3.95. The number of aryl methyl sites for hydroxylation is 1. The number of amides is 5. The largest absolute Gasteiger partial charge is 0.482 e. The normalized spacial score (nSPS) is 13.4. The van der Waals surface area contributed by atoms with Crippen LogP contribution in [0.3, 0.4) is 0 Å². The predicted molar refractivity (Wildman–Crippen MR) is 117 cm³/mol. The summed E-state index contributed by atoms with van der Waals surface area (Å²) in [4.78, 5) is 47.5. The number of ether oxygens (including phenoxy) is 1. The molecule has 0 unspecified atom stereocenters. The molecule has 1 aliphatic rings. The fraction of sp³-hybridized carbons (Fsp3) is 0.100. The zero-order valence-electron chi connectivity index (χ0n) is 15.5. The Hall–Kier alpha value is -2.98. The number of hydrogen-bond acceptors (Lipinski definition) is 5. The Morgan fingerprint density at radius 3 is 2.33 bits per heavy atom. The second-order valence-corrected chi connectivity index (χ2v) is 8.07. The van der Waals surface area contributed by atoms with E-state index in [1.54, 1.807) is 24.3 Å². The lowest BCUT2D eigenvalue weighted by Gasteiger charge is -2.16. The summed E-state index contributed by atoms with van der Waals surface area (Å²) in [5, 5.41) is 6.73. The highest BCUT2D eigenvalue weighted by Gasteiger charge is 2.28. The van der Waals surface area contributed by atoms with Gasteiger partial charge in [-0.15, -0.1) is 0 Å². The van der Waals surface area contributed by atoms with Crippen LogP contribution >= 0.6 is 31.9 Å². The van der Waals surface area contributed by atoms with Crippen molar-refractivity contribution < 1.29 is 23.9 Å². The number of nitrogens with one attached hydrogen (secondary N) is 3. The van der Waals surface area contributed by atoms with Crippen LogP contribution in [0.15, 0.2) is 50.9 Å². The molecule has 0 bridgehead atoms. The first-order valence-electron chi connectivity index (χ1n) is 8.59. The molecule has 0 atom stereocenters. The molecule has 0 spiro atoms. The number of hydrogen-bond donors (Lipinski definition) is 3. The number of barbiturate groups is 1. The number of urea groups is 1. The molecule has 0 aliphatic carbocycles. The summed E-state index contributed by atoms with van der Waals surface area (Å²) in [6.07, 6.45) is 1.28. The average Bonchev–Trinajstić information content (AvgIpc) is 2.65. The van der Waals surface area contributed by atoms with Gasteiger partial charge in [0.1, 0.15) is 11.3 Å². The van der Waals surface area contributed by atoms with Crippen molar-refractivity contribution in [2.45, 2.75) is 6.92 Å². The molecule has 1 fully saturated rings. The predicted octanol–water partition coefficient (Wildman–Crippen LogP) is 3.29. The van der Waals surface area contributed by atoms with Crippen LogP contribution in [-0.2, 0) is 14.4 Å². The molecule has 8 nitrogen and oxygen atoms in total. The Kier molecular flexibility index (Phi) is 6.68. The summed E-state index contributed by atoms with van der Waals surface area (Å²) < 4.78 is 6.80. The first-order chi connectivity index (χ1) is 14.2. The molecule has 0 aromatic heterocycles. The van der Waals surface area contributed by atoms with Crippen molar-refractivity contribution in [2.24, 2.45) is 0 Å². The van der Waals surface area contributed by atoms with Gasteiger partial charge in [-0.05, 0) is 53.2 Å². The molecule has 3 rings (SSSR count). The minimum absolute atomic E-state index is 0.252. The van der Waals surface area contributed by atoms with Crippen molar-refractivity contribution >= 4 is 67.4 Å². The van der Waals surface area contributed by atoms with E-state index in [4.69, 9.17) is 4.74 Å². The summed E-state index contributed by atoms with van der Waals surface area (Å²) in [6.45, 7) is 1.64. The van der Waals surface area contributed by atoms with Gasteiger partial charge in [-0.1, -0.05) is 33.6 Å². The second-order valence-electron chi connectivity index (χ2n) is 6.30. The molecule has 0 radical (unpaired) electrons. The van der Waals surface area contributed by atoms with E-state index < -0.39 is 17.8 Å². The van der Waals surface area contributed by atoms with E-state index in [0.717, 1.165) is 5.56 Å². The SMILES string of the molecule is Cc1ccc(NC(=O)COc2c(Br)cc(Br)cc2C=C2C(=O)NC(=O)NC2=O)cc1. The van der Waals surface area contributed by atoms with Crippen LogP contribution in [0.1, 0.15) is 11.1 Å². The quantitative estimate of drug-likeness (QED) is 0.401. The molecule has 1 saturated heterocycles. The van der Waals surface area contributed by atoms with E-state index in [1.165, 1.54) is 6.08 Å². The van der Waals surface area contributed by atoms with Crippen molar-refractivity contribution in [1.82, 2.24) is 10.6 Å². The van der Waals surface area contributed by atoms with Gasteiger partial charge in [0.15, 0.2) is 6.61 Å². The smallest absolute Gasteiger partial charge is 0.328 e. The highest BCUT2D eigenvalue weighted by Crippen LogP contribution is 2.34. The molecule has 30 heavy (non-hydrogen) atoms. The third-order valence-corrected chi connectivity index (χ3v) is 5.01. The summed E-state index contributed by atoms with van der Waals surface area (Å²) in [5.41, 5.74) is 1.78. The van der Waals surface area contributed by atoms with E-state index in [0.29, 0.717) is 20.2 Å². The van der Waals surface area contributed by atoms with E-state index in [2.05, 4.69) is 37.2 Å². The highest BCUT2D eigenvalue weighted by atomic mass is 79.9. The van der Waals surface area contributed by atoms with E-state index in [-0.39, 0.29) is 23.8 Å². The molecule has 3 N–H and O–H groups in total. The van der Waals surface area contributed by atoms with Crippen molar-refractivity contribution in [3.05, 3.63) is 62.0 Å². The number of benzene rings is 2. The van der Waals surface area contributed by atoms with E-state index in [9.17, 15) is 19.2 Å². The van der Waals surface area contributed by atoms with Crippen molar-refractivity contribution in [3.63, 3.8) is 0 Å². The Balaban J connectivity index is 1.81. The molecule has 1 aliphatic heterocycles. The van der Waals surface area contributed by atoms with Crippen LogP contribution in [-0.4, -0.2) is 30.4 Å². The van der Waals surface area contributed by atoms with Crippen LogP contribution in [0.5, 0.6) is 5.75 Å². The molecule has 154 valence electrons. The number of carbonyl (C=O) groups excluding carboxylic acids is 4. The molecule has 2 aromatic rings. The van der Waals surface area contributed by atoms with Gasteiger partial charge in [0.25, 0.3) is 17.7 Å². The maximum atomic E-state index is 12.2. The Morgan fingerprint density at radius 1 is 1.07 bits per heavy atom. The van der Waals surface area contributed by atoms with Crippen LogP contribution in [0.25, 0.3) is 6.08 Å². The Bertz CT molecular complexity index is 1060. The van der Waals surface area contributed by atoms with Gasteiger partial charge in [0, 0.05) is 15.7 Å². The molecule has 1 heterocycles. The van der Waals surface area contributed by atoms with Crippen LogP contribution in [0.2, 0.25) is 0 Å². The average molecular weight is 537 g/mol. The first-order valence-corrected chi connectivity index (χ1v) is 10.2. The van der Waals surface area contributed by atoms with Gasteiger partial charge in [-0.2, -0.15) is 0 Å². The zero-order valence-corrected chi connectivity index (χ0v) is 18.7. The summed E-state index contributed by atoms with van der Waals surface area (Å²) in [5.74, 6) is -1.79. The highest BCUT2D eigenvalue weighted by molar-refractivity contribution is 9.11. The lowest BCUT2D eigenvalue weighted by molar-refractivity contribution is -0.124. The fourth-order valence-electron chi connectivity index (χ4n) is 2.57. The topological polar surface area (TPSA) is 114 Å². The third kappa shape index (κ3) is 5.33. The van der Waals surface area contributed by atoms with Gasteiger partial charge in [-0.3, -0.25) is 25.0 Å². The van der Waals surface area contributed by atoms with Gasteiger partial charge < -0.3 is 10.1 Å². The number of halogens is 2. The Labute approximate surface area is 188 Å². The monoisotopic (exact) mass is 535 g/mol. The lowest BCUT2D eigenvalue weighted by Crippen LogP contribution is -2.51. The van der Waals surface area contributed by atoms with Crippen LogP contribution in [0.4, 0.5) is 10.5 Å². The van der Waals surface area contributed by atoms with Crippen molar-refractivity contribution in [2.75, 3.05) is 11.9 Å². The molecule has 2 aromatic carbocycles. The summed E-state index contributed by atoms with van der Waals surface area (Å²) in [7, 11) is 0. The summed E-state index contributed by atoms with van der Waals surface area (Å²) >= 11 is 6.69. The number of anilines is 1. The maximum absolute atomic E-state index is 12.2. The Morgan fingerprint density at radius 2 is 1.70 bits per heavy atom. The number of carbonyl (C=O) groups is 4. The number of imide groups is 2. The number of rotatable bonds is 5. The molecular formula is C20H15Br2N3O5. The molecular weight excluding hydrogens is 522 g/mol. The second kappa shape index (κ2) is 9.23. The van der Waals surface area contributed by atoms with Gasteiger partial charge in [0.05, 0.1) is 4.47 Å². The van der Waals surface area contributed by atoms with Gasteiger partial charge in [-0.25, -0.2) is 4.79 Å². The van der Waals surface area contributed by atoms with E-state index in [1.807, 2.05) is 29.7 Å². The molecule has 10 heteroatoms. The minimum atomic E-state index is -0.887. The first kappa shape index (κ1) is 21.7. The van der Waals surface area contributed by atoms with Crippen LogP contribution in [0, 0.1) is 6.92 Å². The van der Waals surface area contributed by atoms with E-state index >= 15 is 0 Å². The lowest BCUT2D eigenvalue weighted by atomic mass is 10.1. The maximum Gasteiger partial charge on any atom is 0.328 e. The van der Waals surface area contributed by atoms with Gasteiger partial charge in [0.2, 0.25) is 0 Å². The van der Waals surface area contributed by atoms with Crippen LogP contribution < -0.4 is 20.7 Å². The molecule has 5 amide bonds. The standard InChI is InChI=1S/C20H15Br2N3O5/c1-10-2-4-13(5-3-10)23-16(26)9-30-17-11(6-12(21)8-15(17)22)7-14-18(27)24-20(29)25-19(14)28/h2-8H,9H2,1H3,(H,23,26)(H2,24,25,27,28,29). The van der Waals surface area contributed by atoms with Gasteiger partial charge >= 0.3 is 6.03 Å². The third-order valence-electron chi connectivity index (χ3n) is 3.96. The van der Waals surface area contributed by atoms with Crippen molar-refractivity contribution in [3.8, 4) is 5.75 Å². The van der Waals surface area contributed by atoms with Crippen molar-refractivity contribution in [1.29, 1.82) is 0 Å². The summed E-state index contributed by atoms with van der Waals surface area (Å²) in [6, 6.07) is 9.72. The zero-order chi connectivity index (χ0) is 21.8. The minimum Gasteiger partial charge on any atom is -0.482 e. The molecule has 0 saturated carbocycles.